The number of carbonyl (C=O) groups is 1. The molecule has 0 bridgehead atoms. The second-order valence-corrected chi connectivity index (χ2v) is 2.24. The molecule has 0 spiro atoms. The molecule has 0 radical (unpaired) electrons. The van der Waals surface area contributed by atoms with Crippen LogP contribution < -0.4 is 10.6 Å². The van der Waals surface area contributed by atoms with Crippen LogP contribution >= 0.6 is 0 Å². The molecular weight excluding hydrogens is 160 g/mol. The molecule has 0 heterocycles. The Kier molecular flexibility index (Phi) is 7.99. The van der Waals surface area contributed by atoms with Crippen molar-refractivity contribution in [2.24, 2.45) is 0 Å². The van der Waals surface area contributed by atoms with Crippen molar-refractivity contribution < 1.29 is 14.6 Å². The maximum Gasteiger partial charge on any atom is 0.234 e. The lowest BCUT2D eigenvalue weighted by Crippen LogP contribution is -2.36. The van der Waals surface area contributed by atoms with Crippen LogP contribution in [0.25, 0.3) is 0 Å². The quantitative estimate of drug-likeness (QED) is 0.406. The maximum atomic E-state index is 10.9. The lowest BCUT2D eigenvalue weighted by molar-refractivity contribution is -0.120. The van der Waals surface area contributed by atoms with Gasteiger partial charge in [0.15, 0.2) is 0 Å². The number of aliphatic hydroxyl groups is 1. The van der Waals surface area contributed by atoms with Crippen molar-refractivity contribution >= 4 is 5.91 Å². The highest BCUT2D eigenvalue weighted by Crippen LogP contribution is 1.66. The van der Waals surface area contributed by atoms with Gasteiger partial charge in [0, 0.05) is 20.2 Å². The van der Waals surface area contributed by atoms with Gasteiger partial charge in [-0.15, -0.1) is 0 Å². The molecule has 5 heteroatoms. The van der Waals surface area contributed by atoms with Crippen LogP contribution in [0.1, 0.15) is 0 Å². The van der Waals surface area contributed by atoms with E-state index in [-0.39, 0.29) is 19.1 Å². The predicted molar refractivity (Wildman–Crippen MR) is 44.8 cm³/mol. The summed E-state index contributed by atoms with van der Waals surface area (Å²) in [6.07, 6.45) is 0. The van der Waals surface area contributed by atoms with E-state index in [0.717, 1.165) is 0 Å². The van der Waals surface area contributed by atoms with E-state index in [9.17, 15) is 4.79 Å². The minimum Gasteiger partial charge on any atom is -0.395 e. The summed E-state index contributed by atoms with van der Waals surface area (Å²) < 4.78 is 4.74. The predicted octanol–water partition coefficient (Wildman–Crippen LogP) is -1.67. The first kappa shape index (κ1) is 11.4. The fourth-order valence-electron chi connectivity index (χ4n) is 0.636. The Morgan fingerprint density at radius 2 is 2.25 bits per heavy atom. The van der Waals surface area contributed by atoms with E-state index in [1.807, 2.05) is 0 Å². The van der Waals surface area contributed by atoms with Crippen molar-refractivity contribution in [2.75, 3.05) is 40.0 Å². The molecule has 1 amide bonds. The summed E-state index contributed by atoms with van der Waals surface area (Å²) in [7, 11) is 1.58. The van der Waals surface area contributed by atoms with Gasteiger partial charge >= 0.3 is 0 Å². The summed E-state index contributed by atoms with van der Waals surface area (Å²) in [6.45, 7) is 1.77. The van der Waals surface area contributed by atoms with Crippen molar-refractivity contribution in [1.82, 2.24) is 10.6 Å². The largest absolute Gasteiger partial charge is 0.395 e. The smallest absolute Gasteiger partial charge is 0.234 e. The third-order valence-corrected chi connectivity index (χ3v) is 1.20. The highest BCUT2D eigenvalue weighted by Gasteiger charge is 1.97. The number of hydrogen-bond acceptors (Lipinski definition) is 4. The monoisotopic (exact) mass is 176 g/mol. The Labute approximate surface area is 72.1 Å². The van der Waals surface area contributed by atoms with Crippen LogP contribution in [0.2, 0.25) is 0 Å². The third-order valence-electron chi connectivity index (χ3n) is 1.20. The van der Waals surface area contributed by atoms with Crippen molar-refractivity contribution in [3.8, 4) is 0 Å². The van der Waals surface area contributed by atoms with Gasteiger partial charge in [0.25, 0.3) is 0 Å². The second-order valence-electron chi connectivity index (χ2n) is 2.24. The molecule has 0 aromatic rings. The van der Waals surface area contributed by atoms with Gasteiger partial charge in [-0.25, -0.2) is 0 Å². The molecule has 3 N–H and O–H groups in total. The van der Waals surface area contributed by atoms with Crippen LogP contribution in [0.3, 0.4) is 0 Å². The highest BCUT2D eigenvalue weighted by molar-refractivity contribution is 5.77. The summed E-state index contributed by atoms with van der Waals surface area (Å²) in [5, 5.41) is 13.8. The first-order chi connectivity index (χ1) is 5.81. The first-order valence-electron chi connectivity index (χ1n) is 3.88. The zero-order valence-electron chi connectivity index (χ0n) is 7.30. The standard InChI is InChI=1S/C7H16N2O3/c1-12-5-3-9-7(11)6-8-2-4-10/h8,10H,2-6H2,1H3,(H,9,11). The zero-order chi connectivity index (χ0) is 9.23. The fraction of sp³-hybridized carbons (Fsp3) is 0.857. The Bertz CT molecular complexity index is 107. The van der Waals surface area contributed by atoms with Crippen molar-refractivity contribution in [3.05, 3.63) is 0 Å². The normalized spacial score (nSPS) is 9.83. The summed E-state index contributed by atoms with van der Waals surface area (Å²) in [4.78, 5) is 10.9. The zero-order valence-corrected chi connectivity index (χ0v) is 7.30. The van der Waals surface area contributed by atoms with Gasteiger partial charge in [-0.2, -0.15) is 0 Å². The SMILES string of the molecule is COCCNC(=O)CNCCO. The van der Waals surface area contributed by atoms with Gasteiger partial charge in [-0.3, -0.25) is 4.79 Å². The molecule has 0 aromatic carbocycles. The average Bonchev–Trinajstić information content (AvgIpc) is 2.06. The lowest BCUT2D eigenvalue weighted by atomic mass is 10.5. The summed E-state index contributed by atoms with van der Waals surface area (Å²) in [5.41, 5.74) is 0. The molecule has 0 rings (SSSR count). The number of amides is 1. The minimum absolute atomic E-state index is 0.0470. The highest BCUT2D eigenvalue weighted by atomic mass is 16.5. The fourth-order valence-corrected chi connectivity index (χ4v) is 0.636. The Hall–Kier alpha value is -0.650. The minimum atomic E-state index is -0.0829. The van der Waals surface area contributed by atoms with Crippen LogP contribution in [-0.4, -0.2) is 51.0 Å². The number of ether oxygens (including phenoxy) is 1. The van der Waals surface area contributed by atoms with E-state index < -0.39 is 0 Å². The molecule has 0 aromatic heterocycles. The third kappa shape index (κ3) is 7.46. The first-order valence-corrected chi connectivity index (χ1v) is 3.88. The van der Waals surface area contributed by atoms with Gasteiger partial charge in [-0.1, -0.05) is 0 Å². The topological polar surface area (TPSA) is 70.6 Å². The van der Waals surface area contributed by atoms with E-state index in [0.29, 0.717) is 19.7 Å². The summed E-state index contributed by atoms with van der Waals surface area (Å²) >= 11 is 0. The van der Waals surface area contributed by atoms with Gasteiger partial charge < -0.3 is 20.5 Å². The van der Waals surface area contributed by atoms with Gasteiger partial charge in [0.05, 0.1) is 19.8 Å². The molecule has 0 fully saturated rings. The molecule has 5 nitrogen and oxygen atoms in total. The van der Waals surface area contributed by atoms with E-state index in [1.54, 1.807) is 7.11 Å². The Balaban J connectivity index is 3.10. The molecule has 0 saturated heterocycles. The molecule has 0 aliphatic carbocycles. The summed E-state index contributed by atoms with van der Waals surface area (Å²) in [6, 6.07) is 0. The van der Waals surface area contributed by atoms with Crippen LogP contribution in [0.15, 0.2) is 0 Å². The molecule has 12 heavy (non-hydrogen) atoms. The molecule has 0 aliphatic rings. The van der Waals surface area contributed by atoms with E-state index in [2.05, 4.69) is 10.6 Å². The van der Waals surface area contributed by atoms with Crippen molar-refractivity contribution in [1.29, 1.82) is 0 Å². The molecule has 0 saturated carbocycles. The van der Waals surface area contributed by atoms with Crippen LogP contribution in [-0.2, 0) is 9.53 Å². The summed E-state index contributed by atoms with van der Waals surface area (Å²) in [5.74, 6) is -0.0829. The van der Waals surface area contributed by atoms with Gasteiger partial charge in [0.2, 0.25) is 5.91 Å². The number of aliphatic hydroxyl groups excluding tert-OH is 1. The number of nitrogens with one attached hydrogen (secondary N) is 2. The number of carbonyl (C=O) groups excluding carboxylic acids is 1. The van der Waals surface area contributed by atoms with Crippen LogP contribution in [0.4, 0.5) is 0 Å². The molecular formula is C7H16N2O3. The van der Waals surface area contributed by atoms with Gasteiger partial charge in [0.1, 0.15) is 0 Å². The molecule has 0 atom stereocenters. The van der Waals surface area contributed by atoms with E-state index in [1.165, 1.54) is 0 Å². The number of methoxy groups -OCH3 is 1. The molecule has 72 valence electrons. The second kappa shape index (κ2) is 8.45. The lowest BCUT2D eigenvalue weighted by Gasteiger charge is -2.04. The molecule has 0 aliphatic heterocycles. The van der Waals surface area contributed by atoms with E-state index in [4.69, 9.17) is 9.84 Å². The number of hydrogen-bond donors (Lipinski definition) is 3. The molecule has 0 unspecified atom stereocenters. The average molecular weight is 176 g/mol. The van der Waals surface area contributed by atoms with Crippen molar-refractivity contribution in [2.45, 2.75) is 0 Å². The Morgan fingerprint density at radius 1 is 1.50 bits per heavy atom. The van der Waals surface area contributed by atoms with Crippen molar-refractivity contribution in [3.63, 3.8) is 0 Å². The maximum absolute atomic E-state index is 10.9. The van der Waals surface area contributed by atoms with Crippen LogP contribution in [0.5, 0.6) is 0 Å². The Morgan fingerprint density at radius 3 is 2.83 bits per heavy atom. The number of rotatable bonds is 7. The van der Waals surface area contributed by atoms with Gasteiger partial charge in [-0.05, 0) is 0 Å². The van der Waals surface area contributed by atoms with Crippen LogP contribution in [0, 0.1) is 0 Å². The van der Waals surface area contributed by atoms with E-state index >= 15 is 0 Å².